The molecule has 3 rings (SSSR count). The third kappa shape index (κ3) is 2.97. The molecule has 1 aromatic rings. The van der Waals surface area contributed by atoms with Crippen molar-refractivity contribution >= 4 is 11.6 Å². The van der Waals surface area contributed by atoms with Gasteiger partial charge in [0, 0.05) is 17.1 Å². The highest BCUT2D eigenvalue weighted by atomic mass is 16.5. The molecule has 0 radical (unpaired) electrons. The Morgan fingerprint density at radius 1 is 1.04 bits per heavy atom. The Morgan fingerprint density at radius 3 is 2.33 bits per heavy atom. The lowest BCUT2D eigenvalue weighted by atomic mass is 9.84. The summed E-state index contributed by atoms with van der Waals surface area (Å²) in [6.45, 7) is 0.111. The van der Waals surface area contributed by atoms with E-state index in [9.17, 15) is 14.7 Å². The smallest absolute Gasteiger partial charge is 0.228 e. The molecule has 1 aliphatic heterocycles. The molecule has 8 nitrogen and oxygen atoms in total. The van der Waals surface area contributed by atoms with Crippen LogP contribution in [0.25, 0.3) is 0 Å². The minimum absolute atomic E-state index is 0.111. The third-order valence-electron chi connectivity index (χ3n) is 4.60. The van der Waals surface area contributed by atoms with Gasteiger partial charge in [-0.3, -0.25) is 9.59 Å². The van der Waals surface area contributed by atoms with Crippen molar-refractivity contribution in [2.45, 2.75) is 6.42 Å². The molecule has 0 bridgehead atoms. The second-order valence-electron chi connectivity index (χ2n) is 6.02. The SMILES string of the molecule is COC1=C(OC)C(=O)C(C2COc3c(cc(OC)c(OC)c3O)C2)=CC1=O. The number of phenolic OH excluding ortho intramolecular Hbond substituents is 1. The zero-order chi connectivity index (χ0) is 19.7. The summed E-state index contributed by atoms with van der Waals surface area (Å²) < 4.78 is 26.2. The number of hydrogen-bond acceptors (Lipinski definition) is 8. The molecule has 2 aliphatic rings. The van der Waals surface area contributed by atoms with E-state index >= 15 is 0 Å². The maximum Gasteiger partial charge on any atom is 0.228 e. The number of benzene rings is 1. The van der Waals surface area contributed by atoms with Crippen molar-refractivity contribution in [2.24, 2.45) is 5.92 Å². The number of Topliss-reactive ketones (excluding diaryl/α,β-unsaturated/α-hetero) is 1. The van der Waals surface area contributed by atoms with Crippen molar-refractivity contribution in [3.63, 3.8) is 0 Å². The minimum atomic E-state index is -0.440. The molecule has 1 unspecified atom stereocenters. The number of methoxy groups -OCH3 is 4. The van der Waals surface area contributed by atoms with Gasteiger partial charge in [0.1, 0.15) is 0 Å². The summed E-state index contributed by atoms with van der Waals surface area (Å²) in [5.41, 5.74) is 0.917. The fourth-order valence-corrected chi connectivity index (χ4v) is 3.33. The summed E-state index contributed by atoms with van der Waals surface area (Å²) >= 11 is 0. The lowest BCUT2D eigenvalue weighted by Gasteiger charge is -2.29. The number of carbonyl (C=O) groups excluding carboxylic acids is 2. The number of aromatic hydroxyl groups is 1. The monoisotopic (exact) mass is 376 g/mol. The second kappa shape index (κ2) is 7.22. The van der Waals surface area contributed by atoms with E-state index in [1.54, 1.807) is 6.07 Å². The highest BCUT2D eigenvalue weighted by Gasteiger charge is 2.37. The van der Waals surface area contributed by atoms with Crippen LogP contribution in [0.15, 0.2) is 29.2 Å². The molecule has 0 aromatic heterocycles. The van der Waals surface area contributed by atoms with Crippen LogP contribution in [0, 0.1) is 5.92 Å². The summed E-state index contributed by atoms with van der Waals surface area (Å²) in [7, 11) is 5.49. The maximum absolute atomic E-state index is 12.7. The molecule has 0 saturated heterocycles. The minimum Gasteiger partial charge on any atom is -0.502 e. The lowest BCUT2D eigenvalue weighted by molar-refractivity contribution is -0.121. The van der Waals surface area contributed by atoms with E-state index in [1.807, 2.05) is 0 Å². The number of allylic oxidation sites excluding steroid dienone is 2. The topological polar surface area (TPSA) is 101 Å². The Balaban J connectivity index is 1.96. The summed E-state index contributed by atoms with van der Waals surface area (Å²) in [5.74, 6) is -0.864. The van der Waals surface area contributed by atoms with Crippen molar-refractivity contribution in [1.29, 1.82) is 0 Å². The Labute approximate surface area is 155 Å². The number of ether oxygens (including phenoxy) is 5. The van der Waals surface area contributed by atoms with Gasteiger partial charge >= 0.3 is 0 Å². The average molecular weight is 376 g/mol. The van der Waals surface area contributed by atoms with Crippen molar-refractivity contribution in [1.82, 2.24) is 0 Å². The molecule has 1 atom stereocenters. The molecule has 0 spiro atoms. The van der Waals surface area contributed by atoms with Crippen molar-refractivity contribution in [3.05, 3.63) is 34.8 Å². The Morgan fingerprint density at radius 2 is 1.74 bits per heavy atom. The van der Waals surface area contributed by atoms with Crippen LogP contribution in [0.2, 0.25) is 0 Å². The van der Waals surface area contributed by atoms with Gasteiger partial charge in [0.2, 0.25) is 34.6 Å². The Hall–Kier alpha value is -3.16. The van der Waals surface area contributed by atoms with E-state index in [4.69, 9.17) is 23.7 Å². The average Bonchev–Trinajstić information content (AvgIpc) is 2.68. The van der Waals surface area contributed by atoms with Crippen LogP contribution in [0.3, 0.4) is 0 Å². The fraction of sp³-hybridized carbons (Fsp3) is 0.368. The van der Waals surface area contributed by atoms with Crippen molar-refractivity contribution in [3.8, 4) is 23.0 Å². The highest BCUT2D eigenvalue weighted by Crippen LogP contribution is 2.48. The fourth-order valence-electron chi connectivity index (χ4n) is 3.33. The quantitative estimate of drug-likeness (QED) is 0.773. The summed E-state index contributed by atoms with van der Waals surface area (Å²) in [5, 5.41) is 10.4. The van der Waals surface area contributed by atoms with Gasteiger partial charge in [-0.15, -0.1) is 0 Å². The Bertz CT molecular complexity index is 865. The number of ketones is 2. The molecule has 144 valence electrons. The van der Waals surface area contributed by atoms with Crippen LogP contribution in [-0.2, 0) is 25.5 Å². The normalized spacial score (nSPS) is 19.1. The molecular formula is C19H20O8. The van der Waals surface area contributed by atoms with Gasteiger partial charge in [-0.05, 0) is 18.6 Å². The van der Waals surface area contributed by atoms with Gasteiger partial charge in [-0.2, -0.15) is 0 Å². The van der Waals surface area contributed by atoms with Crippen LogP contribution < -0.4 is 14.2 Å². The molecule has 0 saturated carbocycles. The van der Waals surface area contributed by atoms with Crippen LogP contribution in [-0.4, -0.2) is 51.7 Å². The summed E-state index contributed by atoms with van der Waals surface area (Å²) in [6, 6.07) is 1.68. The van der Waals surface area contributed by atoms with Crippen LogP contribution in [0.4, 0.5) is 0 Å². The van der Waals surface area contributed by atoms with Crippen LogP contribution in [0.1, 0.15) is 5.56 Å². The van der Waals surface area contributed by atoms with Crippen LogP contribution >= 0.6 is 0 Å². The standard InChI is InChI=1S/C19H20O8/c1-23-13-6-9-5-10(8-27-16(9)15(22)18(13)25-3)11-7-12(20)17(24-2)19(26-4)14(11)21/h6-7,10,22H,5,8H2,1-4H3. The van der Waals surface area contributed by atoms with Gasteiger partial charge in [0.15, 0.2) is 11.5 Å². The molecule has 0 amide bonds. The molecular weight excluding hydrogens is 356 g/mol. The van der Waals surface area contributed by atoms with E-state index in [1.165, 1.54) is 34.5 Å². The first kappa shape index (κ1) is 18.6. The number of carbonyl (C=O) groups is 2. The summed E-state index contributed by atoms with van der Waals surface area (Å²) in [4.78, 5) is 25.0. The largest absolute Gasteiger partial charge is 0.502 e. The van der Waals surface area contributed by atoms with Crippen molar-refractivity contribution in [2.75, 3.05) is 35.0 Å². The maximum atomic E-state index is 12.7. The first-order valence-corrected chi connectivity index (χ1v) is 8.19. The zero-order valence-corrected chi connectivity index (χ0v) is 15.5. The zero-order valence-electron chi connectivity index (χ0n) is 15.5. The highest BCUT2D eigenvalue weighted by molar-refractivity contribution is 6.21. The first-order valence-electron chi connectivity index (χ1n) is 8.19. The van der Waals surface area contributed by atoms with Gasteiger partial charge in [0.25, 0.3) is 0 Å². The third-order valence-corrected chi connectivity index (χ3v) is 4.60. The molecule has 8 heteroatoms. The van der Waals surface area contributed by atoms with E-state index in [0.717, 1.165) is 0 Å². The predicted molar refractivity (Wildman–Crippen MR) is 93.0 cm³/mol. The Kier molecular flexibility index (Phi) is 4.98. The van der Waals surface area contributed by atoms with Crippen LogP contribution in [0.5, 0.6) is 23.0 Å². The number of fused-ring (bicyclic) bond motifs is 1. The second-order valence-corrected chi connectivity index (χ2v) is 6.02. The van der Waals surface area contributed by atoms with Gasteiger partial charge in [0.05, 0.1) is 35.0 Å². The van der Waals surface area contributed by atoms with Gasteiger partial charge in [-0.25, -0.2) is 0 Å². The number of hydrogen-bond donors (Lipinski definition) is 1. The van der Waals surface area contributed by atoms with E-state index in [2.05, 4.69) is 0 Å². The van der Waals surface area contributed by atoms with E-state index < -0.39 is 17.5 Å². The van der Waals surface area contributed by atoms with E-state index in [0.29, 0.717) is 17.7 Å². The van der Waals surface area contributed by atoms with E-state index in [-0.39, 0.29) is 40.9 Å². The predicted octanol–water partition coefficient (Wildman–Crippen LogP) is 1.54. The summed E-state index contributed by atoms with van der Waals surface area (Å²) in [6.07, 6.45) is 1.62. The lowest BCUT2D eigenvalue weighted by Crippen LogP contribution is -2.31. The van der Waals surface area contributed by atoms with Gasteiger partial charge in [-0.1, -0.05) is 0 Å². The molecule has 27 heavy (non-hydrogen) atoms. The molecule has 1 heterocycles. The van der Waals surface area contributed by atoms with Crippen molar-refractivity contribution < 1.29 is 38.4 Å². The number of phenols is 1. The first-order chi connectivity index (χ1) is 13.0. The molecule has 0 fully saturated rings. The van der Waals surface area contributed by atoms with Gasteiger partial charge < -0.3 is 28.8 Å². The number of rotatable bonds is 5. The molecule has 1 aliphatic carbocycles. The molecule has 1 aromatic carbocycles. The molecule has 1 N–H and O–H groups in total.